The lowest BCUT2D eigenvalue weighted by molar-refractivity contribution is -0.128. The molecule has 6 nitrogen and oxygen atoms in total. The Morgan fingerprint density at radius 1 is 1.10 bits per heavy atom. The third kappa shape index (κ3) is 4.46. The van der Waals surface area contributed by atoms with Gasteiger partial charge < -0.3 is 19.7 Å². The maximum atomic E-state index is 12.0. The molecular formula is C14H20N2O4. The summed E-state index contributed by atoms with van der Waals surface area (Å²) in [5, 5.41) is 2.69. The van der Waals surface area contributed by atoms with Gasteiger partial charge in [-0.1, -0.05) is 0 Å². The summed E-state index contributed by atoms with van der Waals surface area (Å²) in [4.78, 5) is 24.9. The first-order valence-corrected chi connectivity index (χ1v) is 6.19. The summed E-state index contributed by atoms with van der Waals surface area (Å²) in [7, 11) is 6.40. The number of methoxy groups -OCH3 is 2. The molecule has 0 spiro atoms. The van der Waals surface area contributed by atoms with Crippen molar-refractivity contribution in [2.45, 2.75) is 6.42 Å². The second kappa shape index (κ2) is 7.37. The van der Waals surface area contributed by atoms with Crippen molar-refractivity contribution in [1.29, 1.82) is 0 Å². The van der Waals surface area contributed by atoms with Gasteiger partial charge in [-0.3, -0.25) is 9.59 Å². The number of carbonyl (C=O) groups is 2. The molecule has 0 bridgehead atoms. The first kappa shape index (κ1) is 15.8. The highest BCUT2D eigenvalue weighted by Crippen LogP contribution is 2.22. The van der Waals surface area contributed by atoms with Crippen molar-refractivity contribution in [2.24, 2.45) is 0 Å². The molecule has 0 aliphatic heterocycles. The van der Waals surface area contributed by atoms with Crippen molar-refractivity contribution < 1.29 is 19.1 Å². The smallest absolute Gasteiger partial charge is 0.251 e. The lowest BCUT2D eigenvalue weighted by Crippen LogP contribution is -2.30. The Bertz CT molecular complexity index is 464. The van der Waals surface area contributed by atoms with Crippen LogP contribution in [0.2, 0.25) is 0 Å². The van der Waals surface area contributed by atoms with Crippen molar-refractivity contribution in [1.82, 2.24) is 10.2 Å². The SMILES string of the molecule is COc1cc(OC)cc(C(=O)NCCC(=O)N(C)C)c1. The number of ether oxygens (including phenoxy) is 2. The predicted molar refractivity (Wildman–Crippen MR) is 75.2 cm³/mol. The summed E-state index contributed by atoms with van der Waals surface area (Å²) in [6, 6.07) is 4.92. The Morgan fingerprint density at radius 3 is 2.10 bits per heavy atom. The van der Waals surface area contributed by atoms with E-state index in [9.17, 15) is 9.59 Å². The van der Waals surface area contributed by atoms with E-state index < -0.39 is 0 Å². The van der Waals surface area contributed by atoms with Gasteiger partial charge in [0.25, 0.3) is 5.91 Å². The van der Waals surface area contributed by atoms with Crippen molar-refractivity contribution in [3.05, 3.63) is 23.8 Å². The summed E-state index contributed by atoms with van der Waals surface area (Å²) in [5.41, 5.74) is 0.429. The number of benzene rings is 1. The van der Waals surface area contributed by atoms with E-state index in [0.29, 0.717) is 17.1 Å². The van der Waals surface area contributed by atoms with E-state index in [1.165, 1.54) is 19.1 Å². The zero-order chi connectivity index (χ0) is 15.1. The van der Waals surface area contributed by atoms with Crippen LogP contribution < -0.4 is 14.8 Å². The second-order valence-corrected chi connectivity index (χ2v) is 4.40. The average molecular weight is 280 g/mol. The molecular weight excluding hydrogens is 260 g/mol. The monoisotopic (exact) mass is 280 g/mol. The van der Waals surface area contributed by atoms with Crippen molar-refractivity contribution in [2.75, 3.05) is 34.9 Å². The zero-order valence-electron chi connectivity index (χ0n) is 12.2. The molecule has 1 aromatic carbocycles. The van der Waals surface area contributed by atoms with E-state index in [0.717, 1.165) is 0 Å². The maximum Gasteiger partial charge on any atom is 0.251 e. The van der Waals surface area contributed by atoms with Crippen LogP contribution >= 0.6 is 0 Å². The van der Waals surface area contributed by atoms with E-state index in [1.54, 1.807) is 32.3 Å². The molecule has 0 aliphatic rings. The second-order valence-electron chi connectivity index (χ2n) is 4.40. The van der Waals surface area contributed by atoms with Gasteiger partial charge in [0, 0.05) is 38.7 Å². The average Bonchev–Trinajstić information content (AvgIpc) is 2.46. The topological polar surface area (TPSA) is 67.9 Å². The number of carbonyl (C=O) groups excluding carboxylic acids is 2. The molecule has 0 heterocycles. The fourth-order valence-electron chi connectivity index (χ4n) is 1.55. The third-order valence-electron chi connectivity index (χ3n) is 2.74. The Morgan fingerprint density at radius 2 is 1.65 bits per heavy atom. The van der Waals surface area contributed by atoms with E-state index in [4.69, 9.17) is 9.47 Å². The largest absolute Gasteiger partial charge is 0.497 e. The minimum atomic E-state index is -0.270. The molecule has 0 aromatic heterocycles. The van der Waals surface area contributed by atoms with Crippen LogP contribution in [0.4, 0.5) is 0 Å². The van der Waals surface area contributed by atoms with E-state index in [1.807, 2.05) is 0 Å². The first-order valence-electron chi connectivity index (χ1n) is 6.19. The van der Waals surface area contributed by atoms with Crippen molar-refractivity contribution in [3.8, 4) is 11.5 Å². The highest BCUT2D eigenvalue weighted by atomic mass is 16.5. The van der Waals surface area contributed by atoms with Gasteiger partial charge >= 0.3 is 0 Å². The minimum absolute atomic E-state index is 0.0338. The summed E-state index contributed by atoms with van der Waals surface area (Å²) in [5.74, 6) is 0.778. The fraction of sp³-hybridized carbons (Fsp3) is 0.429. The summed E-state index contributed by atoms with van der Waals surface area (Å²) in [6.45, 7) is 0.287. The van der Waals surface area contributed by atoms with Crippen molar-refractivity contribution in [3.63, 3.8) is 0 Å². The van der Waals surface area contributed by atoms with Crippen LogP contribution in [0.25, 0.3) is 0 Å². The number of hydrogen-bond donors (Lipinski definition) is 1. The predicted octanol–water partition coefficient (Wildman–Crippen LogP) is 0.912. The molecule has 0 saturated carbocycles. The van der Waals surface area contributed by atoms with Gasteiger partial charge in [-0.25, -0.2) is 0 Å². The minimum Gasteiger partial charge on any atom is -0.497 e. The van der Waals surface area contributed by atoms with E-state index in [2.05, 4.69) is 5.32 Å². The lowest BCUT2D eigenvalue weighted by Gasteiger charge is -2.11. The quantitative estimate of drug-likeness (QED) is 0.841. The van der Waals surface area contributed by atoms with E-state index >= 15 is 0 Å². The number of hydrogen-bond acceptors (Lipinski definition) is 4. The van der Waals surface area contributed by atoms with Gasteiger partial charge in [-0.05, 0) is 12.1 Å². The van der Waals surface area contributed by atoms with Crippen LogP contribution in [-0.4, -0.2) is 51.6 Å². The van der Waals surface area contributed by atoms with Crippen LogP contribution in [-0.2, 0) is 4.79 Å². The molecule has 1 N–H and O–H groups in total. The maximum absolute atomic E-state index is 12.0. The highest BCUT2D eigenvalue weighted by molar-refractivity contribution is 5.95. The van der Waals surface area contributed by atoms with E-state index in [-0.39, 0.29) is 24.8 Å². The van der Waals surface area contributed by atoms with Crippen molar-refractivity contribution >= 4 is 11.8 Å². The molecule has 20 heavy (non-hydrogen) atoms. The molecule has 0 atom stereocenters. The van der Waals surface area contributed by atoms with Gasteiger partial charge in [0.1, 0.15) is 11.5 Å². The van der Waals surface area contributed by atoms with Crippen LogP contribution in [0.5, 0.6) is 11.5 Å². The number of rotatable bonds is 6. The Hall–Kier alpha value is -2.24. The zero-order valence-corrected chi connectivity index (χ0v) is 12.2. The van der Waals surface area contributed by atoms with Gasteiger partial charge in [-0.2, -0.15) is 0 Å². The molecule has 1 rings (SSSR count). The Kier molecular flexibility index (Phi) is 5.83. The summed E-state index contributed by atoms with van der Waals surface area (Å²) < 4.78 is 10.2. The fourth-order valence-corrected chi connectivity index (χ4v) is 1.55. The number of nitrogens with zero attached hydrogens (tertiary/aromatic N) is 1. The summed E-state index contributed by atoms with van der Waals surface area (Å²) in [6.07, 6.45) is 0.264. The molecule has 2 amide bonds. The van der Waals surface area contributed by atoms with Crippen LogP contribution in [0.3, 0.4) is 0 Å². The molecule has 110 valence electrons. The summed E-state index contributed by atoms with van der Waals surface area (Å²) >= 11 is 0. The standard InChI is InChI=1S/C14H20N2O4/c1-16(2)13(17)5-6-15-14(18)10-7-11(19-3)9-12(8-10)20-4/h7-9H,5-6H2,1-4H3,(H,15,18). The molecule has 0 aliphatic carbocycles. The molecule has 0 unspecified atom stereocenters. The molecule has 1 aromatic rings. The Labute approximate surface area is 118 Å². The van der Waals surface area contributed by atoms with Gasteiger partial charge in [0.15, 0.2) is 0 Å². The molecule has 0 fully saturated rings. The van der Waals surface area contributed by atoms with Gasteiger partial charge in [0.05, 0.1) is 14.2 Å². The van der Waals surface area contributed by atoms with Gasteiger partial charge in [-0.15, -0.1) is 0 Å². The highest BCUT2D eigenvalue weighted by Gasteiger charge is 2.10. The third-order valence-corrected chi connectivity index (χ3v) is 2.74. The lowest BCUT2D eigenvalue weighted by atomic mass is 10.2. The molecule has 0 saturated heterocycles. The van der Waals surface area contributed by atoms with Crippen LogP contribution in [0.1, 0.15) is 16.8 Å². The molecule has 6 heteroatoms. The van der Waals surface area contributed by atoms with Gasteiger partial charge in [0.2, 0.25) is 5.91 Å². The normalized spacial score (nSPS) is 9.80. The van der Waals surface area contributed by atoms with Crippen LogP contribution in [0.15, 0.2) is 18.2 Å². The van der Waals surface area contributed by atoms with Crippen LogP contribution in [0, 0.1) is 0 Å². The Balaban J connectivity index is 2.65. The first-order chi connectivity index (χ1) is 9.47. The number of amides is 2. The molecule has 0 radical (unpaired) electrons. The number of nitrogens with one attached hydrogen (secondary N) is 1.